The maximum absolute atomic E-state index is 15.1. The molecule has 0 saturated carbocycles. The molecule has 5 rings (SSSR count). The third-order valence-corrected chi connectivity index (χ3v) is 7.16. The number of likely N-dealkylation sites (N-methyl/N-ethyl adjacent to an activating group) is 1. The van der Waals surface area contributed by atoms with Crippen LogP contribution in [0.5, 0.6) is 11.6 Å². The first-order valence-corrected chi connectivity index (χ1v) is 13.4. The summed E-state index contributed by atoms with van der Waals surface area (Å²) in [7, 11) is 2.04. The quantitative estimate of drug-likeness (QED) is 0.257. The van der Waals surface area contributed by atoms with Crippen LogP contribution in [0.4, 0.5) is 31.8 Å². The van der Waals surface area contributed by atoms with E-state index < -0.39 is 11.7 Å². The van der Waals surface area contributed by atoms with Crippen molar-refractivity contribution < 1.29 is 18.3 Å². The van der Waals surface area contributed by atoms with Gasteiger partial charge in [-0.2, -0.15) is 4.98 Å². The van der Waals surface area contributed by atoms with Crippen LogP contribution in [0.2, 0.25) is 5.02 Å². The number of nitrogens with zero attached hydrogens (tertiary/aromatic N) is 4. The Morgan fingerprint density at radius 2 is 1.73 bits per heavy atom. The number of halogens is 3. The predicted octanol–water partition coefficient (Wildman–Crippen LogP) is 6.57. The third kappa shape index (κ3) is 6.55. The van der Waals surface area contributed by atoms with Crippen LogP contribution in [-0.2, 0) is 0 Å². The number of rotatable bonds is 7. The summed E-state index contributed by atoms with van der Waals surface area (Å²) in [5.41, 5.74) is 3.38. The van der Waals surface area contributed by atoms with Gasteiger partial charge in [0.2, 0.25) is 11.8 Å². The highest BCUT2D eigenvalue weighted by Gasteiger charge is 2.21. The van der Waals surface area contributed by atoms with E-state index in [-0.39, 0.29) is 34.0 Å². The number of aromatic nitrogens is 2. The van der Waals surface area contributed by atoms with Crippen molar-refractivity contribution in [1.82, 2.24) is 14.9 Å². The van der Waals surface area contributed by atoms with Crippen molar-refractivity contribution in [3.63, 3.8) is 0 Å². The summed E-state index contributed by atoms with van der Waals surface area (Å²) >= 11 is 6.18. The number of hydrogen-bond acceptors (Lipinski definition) is 7. The molecule has 0 spiro atoms. The van der Waals surface area contributed by atoms with E-state index in [4.69, 9.17) is 16.3 Å². The molecule has 0 bridgehead atoms. The van der Waals surface area contributed by atoms with E-state index in [0.29, 0.717) is 17.1 Å². The van der Waals surface area contributed by atoms with Gasteiger partial charge < -0.3 is 25.2 Å². The van der Waals surface area contributed by atoms with E-state index in [2.05, 4.69) is 25.5 Å². The Bertz CT molecular complexity index is 1570. The number of aryl methyl sites for hydroxylation is 2. The van der Waals surface area contributed by atoms with Crippen LogP contribution in [0.3, 0.4) is 0 Å². The maximum Gasteiger partial charge on any atom is 0.262 e. The minimum Gasteiger partial charge on any atom is -0.436 e. The SMILES string of the molecule is Cc1cccc(C)c1NC(=O)c1cnc(Nc2ccc(N3CCN(C)CC3)c(F)c2)nc1Oc1ccc(F)cc1Cl. The second-order valence-electron chi connectivity index (χ2n) is 9.89. The van der Waals surface area contributed by atoms with Gasteiger partial charge in [-0.25, -0.2) is 13.8 Å². The molecule has 41 heavy (non-hydrogen) atoms. The molecule has 4 aromatic rings. The van der Waals surface area contributed by atoms with E-state index in [1.807, 2.05) is 44.0 Å². The van der Waals surface area contributed by atoms with Crippen LogP contribution in [0, 0.1) is 25.5 Å². The predicted molar refractivity (Wildman–Crippen MR) is 157 cm³/mol. The van der Waals surface area contributed by atoms with Gasteiger partial charge in [-0.1, -0.05) is 29.8 Å². The molecule has 1 aliphatic heterocycles. The van der Waals surface area contributed by atoms with Gasteiger partial charge >= 0.3 is 0 Å². The van der Waals surface area contributed by atoms with E-state index in [0.717, 1.165) is 43.4 Å². The van der Waals surface area contributed by atoms with Gasteiger partial charge in [-0.05, 0) is 68.4 Å². The van der Waals surface area contributed by atoms with Crippen molar-refractivity contribution in [2.75, 3.05) is 48.8 Å². The molecular formula is C30H29ClF2N6O2. The average molecular weight is 579 g/mol. The maximum atomic E-state index is 15.1. The molecule has 212 valence electrons. The minimum atomic E-state index is -0.539. The molecule has 2 heterocycles. The molecule has 0 aliphatic carbocycles. The van der Waals surface area contributed by atoms with Crippen LogP contribution in [-0.4, -0.2) is 54.0 Å². The fourth-order valence-corrected chi connectivity index (χ4v) is 4.74. The molecule has 1 amide bonds. The van der Waals surface area contributed by atoms with Crippen LogP contribution < -0.4 is 20.3 Å². The molecule has 8 nitrogen and oxygen atoms in total. The number of para-hydroxylation sites is 1. The van der Waals surface area contributed by atoms with Crippen LogP contribution >= 0.6 is 11.6 Å². The monoisotopic (exact) mass is 578 g/mol. The Morgan fingerprint density at radius 1 is 1.00 bits per heavy atom. The van der Waals surface area contributed by atoms with Gasteiger partial charge in [0.1, 0.15) is 22.9 Å². The summed E-state index contributed by atoms with van der Waals surface area (Å²) in [6.07, 6.45) is 1.31. The van der Waals surface area contributed by atoms with Gasteiger partial charge in [0.25, 0.3) is 5.91 Å². The number of piperazine rings is 1. The van der Waals surface area contributed by atoms with Gasteiger partial charge in [0.15, 0.2) is 0 Å². The van der Waals surface area contributed by atoms with Crippen molar-refractivity contribution in [3.8, 4) is 11.6 Å². The normalized spacial score (nSPS) is 13.7. The van der Waals surface area contributed by atoms with E-state index >= 15 is 4.39 Å². The topological polar surface area (TPSA) is 82.6 Å². The number of nitrogens with one attached hydrogen (secondary N) is 2. The molecule has 2 N–H and O–H groups in total. The second kappa shape index (κ2) is 12.1. The Kier molecular flexibility index (Phi) is 8.32. The zero-order chi connectivity index (χ0) is 29.1. The van der Waals surface area contributed by atoms with Gasteiger partial charge in [0, 0.05) is 43.8 Å². The zero-order valence-electron chi connectivity index (χ0n) is 22.8. The van der Waals surface area contributed by atoms with Crippen LogP contribution in [0.25, 0.3) is 0 Å². The number of ether oxygens (including phenoxy) is 1. The van der Waals surface area contributed by atoms with Gasteiger partial charge in [-0.3, -0.25) is 4.79 Å². The molecule has 1 saturated heterocycles. The Hall–Kier alpha value is -4.28. The Morgan fingerprint density at radius 3 is 2.41 bits per heavy atom. The zero-order valence-corrected chi connectivity index (χ0v) is 23.6. The highest BCUT2D eigenvalue weighted by atomic mass is 35.5. The van der Waals surface area contributed by atoms with Crippen molar-refractivity contribution >= 4 is 40.5 Å². The molecule has 1 aliphatic rings. The summed E-state index contributed by atoms with van der Waals surface area (Å²) in [5, 5.41) is 5.86. The number of benzene rings is 3. The molecule has 0 atom stereocenters. The summed E-state index contributed by atoms with van der Waals surface area (Å²) < 4.78 is 34.6. The lowest BCUT2D eigenvalue weighted by molar-refractivity contribution is 0.102. The molecule has 0 radical (unpaired) electrons. The molecule has 11 heteroatoms. The number of carbonyl (C=O) groups excluding carboxylic acids is 1. The van der Waals surface area contributed by atoms with Gasteiger partial charge in [-0.15, -0.1) is 0 Å². The lowest BCUT2D eigenvalue weighted by Crippen LogP contribution is -2.44. The summed E-state index contributed by atoms with van der Waals surface area (Å²) in [6.45, 7) is 6.96. The third-order valence-electron chi connectivity index (χ3n) is 6.87. The Labute approximate surface area is 241 Å². The summed E-state index contributed by atoms with van der Waals surface area (Å²) in [6, 6.07) is 14.1. The van der Waals surface area contributed by atoms with Crippen LogP contribution in [0.15, 0.2) is 60.8 Å². The molecule has 0 unspecified atom stereocenters. The Balaban J connectivity index is 1.43. The van der Waals surface area contributed by atoms with Crippen molar-refractivity contribution in [2.45, 2.75) is 13.8 Å². The number of hydrogen-bond donors (Lipinski definition) is 2. The van der Waals surface area contributed by atoms with Crippen molar-refractivity contribution in [1.29, 1.82) is 0 Å². The van der Waals surface area contributed by atoms with E-state index in [9.17, 15) is 9.18 Å². The average Bonchev–Trinajstić information content (AvgIpc) is 2.93. The number of carbonyl (C=O) groups is 1. The van der Waals surface area contributed by atoms with Crippen molar-refractivity contribution in [2.24, 2.45) is 0 Å². The van der Waals surface area contributed by atoms with Gasteiger partial charge in [0.05, 0.1) is 10.7 Å². The fraction of sp³-hybridized carbons (Fsp3) is 0.233. The van der Waals surface area contributed by atoms with Crippen LogP contribution in [0.1, 0.15) is 21.5 Å². The van der Waals surface area contributed by atoms with E-state index in [1.165, 1.54) is 24.4 Å². The minimum absolute atomic E-state index is 0.000735. The van der Waals surface area contributed by atoms with Crippen molar-refractivity contribution in [3.05, 3.63) is 94.1 Å². The summed E-state index contributed by atoms with van der Waals surface area (Å²) in [5.74, 6) is -1.38. The van der Waals surface area contributed by atoms with E-state index in [1.54, 1.807) is 12.1 Å². The molecule has 1 aromatic heterocycles. The first-order chi connectivity index (χ1) is 19.7. The number of amides is 1. The standard InChI is InChI=1S/C30H29ClF2N6O2/c1-18-5-4-6-19(2)27(18)36-28(40)22-17-34-30(37-29(22)41-26-10-7-20(32)15-23(26)31)35-21-8-9-25(24(33)16-21)39-13-11-38(3)12-14-39/h4-10,15-17H,11-14H2,1-3H3,(H,36,40)(H,34,35,37). The molecular weight excluding hydrogens is 550 g/mol. The molecule has 1 fully saturated rings. The molecule has 3 aromatic carbocycles. The smallest absolute Gasteiger partial charge is 0.262 e. The highest BCUT2D eigenvalue weighted by molar-refractivity contribution is 6.32. The highest BCUT2D eigenvalue weighted by Crippen LogP contribution is 2.33. The lowest BCUT2D eigenvalue weighted by Gasteiger charge is -2.34. The fourth-order valence-electron chi connectivity index (χ4n) is 4.53. The second-order valence-corrected chi connectivity index (χ2v) is 10.3. The first-order valence-electron chi connectivity index (χ1n) is 13.1. The summed E-state index contributed by atoms with van der Waals surface area (Å²) in [4.78, 5) is 26.2. The largest absolute Gasteiger partial charge is 0.436 e. The lowest BCUT2D eigenvalue weighted by atomic mass is 10.1. The number of anilines is 4. The first kappa shape index (κ1) is 28.3.